The Morgan fingerprint density at radius 2 is 2.00 bits per heavy atom. The second-order valence-corrected chi connectivity index (χ2v) is 7.79. The van der Waals surface area contributed by atoms with E-state index in [1.54, 1.807) is 18.6 Å². The fraction of sp³-hybridized carbons (Fsp3) is 0.273. The number of aromatic nitrogens is 5. The summed E-state index contributed by atoms with van der Waals surface area (Å²) in [5.41, 5.74) is 2.73. The van der Waals surface area contributed by atoms with E-state index in [0.29, 0.717) is 18.2 Å². The predicted molar refractivity (Wildman–Crippen MR) is 117 cm³/mol. The zero-order valence-electron chi connectivity index (χ0n) is 16.3. The van der Waals surface area contributed by atoms with Gasteiger partial charge in [-0.15, -0.1) is 0 Å². The van der Waals surface area contributed by atoms with Gasteiger partial charge in [-0.05, 0) is 24.3 Å². The lowest BCUT2D eigenvalue weighted by Crippen LogP contribution is -2.31. The van der Waals surface area contributed by atoms with Gasteiger partial charge in [0.25, 0.3) is 0 Å². The highest BCUT2D eigenvalue weighted by Gasteiger charge is 2.22. The summed E-state index contributed by atoms with van der Waals surface area (Å²) in [6.07, 6.45) is 6.01. The van der Waals surface area contributed by atoms with E-state index < -0.39 is 0 Å². The number of imidazole rings is 1. The first-order valence-electron chi connectivity index (χ1n) is 9.95. The molecule has 1 aromatic carbocycles. The van der Waals surface area contributed by atoms with Crippen LogP contribution in [0, 0.1) is 5.92 Å². The van der Waals surface area contributed by atoms with Gasteiger partial charge in [0.15, 0.2) is 0 Å². The Balaban J connectivity index is 1.42. The summed E-state index contributed by atoms with van der Waals surface area (Å²) < 4.78 is 5.84. The number of para-hydroxylation sites is 2. The van der Waals surface area contributed by atoms with Crippen LogP contribution in [0.25, 0.3) is 22.4 Å². The Bertz CT molecular complexity index is 1120. The summed E-state index contributed by atoms with van der Waals surface area (Å²) in [6, 6.07) is 11.8. The Labute approximate surface area is 179 Å². The number of fused-ring (bicyclic) bond motifs is 1. The van der Waals surface area contributed by atoms with Crippen molar-refractivity contribution in [2.24, 2.45) is 5.92 Å². The van der Waals surface area contributed by atoms with Gasteiger partial charge in [0.2, 0.25) is 0 Å². The van der Waals surface area contributed by atoms with E-state index in [9.17, 15) is 0 Å². The molecule has 8 heteroatoms. The van der Waals surface area contributed by atoms with Crippen molar-refractivity contribution in [3.63, 3.8) is 0 Å². The molecule has 0 amide bonds. The molecule has 1 unspecified atom stereocenters. The van der Waals surface area contributed by atoms with Crippen molar-refractivity contribution in [1.82, 2.24) is 24.9 Å². The van der Waals surface area contributed by atoms with Gasteiger partial charge in [-0.25, -0.2) is 19.9 Å². The molecule has 1 fully saturated rings. The molecule has 0 aliphatic carbocycles. The molecule has 7 nitrogen and oxygen atoms in total. The molecule has 4 aromatic rings. The second kappa shape index (κ2) is 8.38. The lowest BCUT2D eigenvalue weighted by atomic mass is 10.1. The third-order valence-corrected chi connectivity index (χ3v) is 5.54. The first-order chi connectivity index (χ1) is 14.8. The van der Waals surface area contributed by atoms with E-state index in [1.807, 2.05) is 36.4 Å². The van der Waals surface area contributed by atoms with Gasteiger partial charge in [-0.3, -0.25) is 0 Å². The molecule has 1 N–H and O–H groups in total. The minimum Gasteiger partial charge on any atom is -0.379 e. The second-order valence-electron chi connectivity index (χ2n) is 7.38. The number of halogens is 1. The number of ether oxygens (including phenoxy) is 1. The number of H-pyrrole nitrogens is 1. The Morgan fingerprint density at radius 1 is 1.13 bits per heavy atom. The summed E-state index contributed by atoms with van der Waals surface area (Å²) in [4.78, 5) is 23.6. The molecule has 5 rings (SSSR count). The molecule has 1 atom stereocenters. The normalized spacial score (nSPS) is 17.2. The molecule has 1 saturated heterocycles. The number of hydrogen-bond donors (Lipinski definition) is 1. The third kappa shape index (κ3) is 3.99. The van der Waals surface area contributed by atoms with Crippen LogP contribution in [-0.2, 0) is 11.2 Å². The number of aromatic amines is 1. The Kier molecular flexibility index (Phi) is 5.29. The quantitative estimate of drug-likeness (QED) is 0.541. The van der Waals surface area contributed by atoms with Gasteiger partial charge in [0, 0.05) is 49.6 Å². The van der Waals surface area contributed by atoms with Crippen molar-refractivity contribution in [1.29, 1.82) is 0 Å². The summed E-state index contributed by atoms with van der Waals surface area (Å²) in [5.74, 6) is 2.71. The molecule has 1 aliphatic heterocycles. The van der Waals surface area contributed by atoms with E-state index in [-0.39, 0.29) is 5.92 Å². The lowest BCUT2D eigenvalue weighted by molar-refractivity contribution is 0.123. The van der Waals surface area contributed by atoms with Crippen molar-refractivity contribution < 1.29 is 4.74 Å². The molecular formula is C22H21ClN6O. The Morgan fingerprint density at radius 3 is 2.87 bits per heavy atom. The van der Waals surface area contributed by atoms with Crippen LogP contribution in [0.5, 0.6) is 0 Å². The topological polar surface area (TPSA) is 79.8 Å². The standard InChI is InChI=1S/C22H21ClN6O/c23-17-12-26-21(11-16(17)22-27-18-4-1-2-5-19(18)28-22)29-8-9-30-14-15(13-29)10-20-24-6-3-7-25-20/h1-7,11-12,15H,8-10,13-14H2,(H,27,28). The average molecular weight is 421 g/mol. The zero-order chi connectivity index (χ0) is 20.3. The van der Waals surface area contributed by atoms with Crippen LogP contribution in [0.2, 0.25) is 5.02 Å². The maximum absolute atomic E-state index is 6.48. The zero-order valence-corrected chi connectivity index (χ0v) is 17.1. The minimum absolute atomic E-state index is 0.280. The van der Waals surface area contributed by atoms with Crippen molar-refractivity contribution in [2.45, 2.75) is 6.42 Å². The molecule has 3 aromatic heterocycles. The van der Waals surface area contributed by atoms with Gasteiger partial charge >= 0.3 is 0 Å². The number of rotatable bonds is 4. The molecule has 30 heavy (non-hydrogen) atoms. The minimum atomic E-state index is 0.280. The average Bonchev–Trinajstić information content (AvgIpc) is 3.07. The first kappa shape index (κ1) is 19.0. The summed E-state index contributed by atoms with van der Waals surface area (Å²) >= 11 is 6.48. The van der Waals surface area contributed by atoms with Crippen LogP contribution in [0.1, 0.15) is 5.82 Å². The smallest absolute Gasteiger partial charge is 0.140 e. The van der Waals surface area contributed by atoms with E-state index >= 15 is 0 Å². The summed E-state index contributed by atoms with van der Waals surface area (Å²) in [7, 11) is 0. The maximum Gasteiger partial charge on any atom is 0.140 e. The number of nitrogens with one attached hydrogen (secondary N) is 1. The van der Waals surface area contributed by atoms with Gasteiger partial charge < -0.3 is 14.6 Å². The van der Waals surface area contributed by atoms with Crippen molar-refractivity contribution >= 4 is 28.5 Å². The van der Waals surface area contributed by atoms with Crippen LogP contribution in [0.15, 0.2) is 55.0 Å². The lowest BCUT2D eigenvalue weighted by Gasteiger charge is -2.24. The fourth-order valence-corrected chi connectivity index (χ4v) is 3.96. The molecule has 1 aliphatic rings. The highest BCUT2D eigenvalue weighted by atomic mass is 35.5. The van der Waals surface area contributed by atoms with E-state index in [0.717, 1.165) is 53.6 Å². The summed E-state index contributed by atoms with van der Waals surface area (Å²) in [5, 5.41) is 0.568. The number of hydrogen-bond acceptors (Lipinski definition) is 6. The van der Waals surface area contributed by atoms with E-state index in [4.69, 9.17) is 21.3 Å². The summed E-state index contributed by atoms with van der Waals surface area (Å²) in [6.45, 7) is 2.90. The van der Waals surface area contributed by atoms with E-state index in [1.165, 1.54) is 0 Å². The van der Waals surface area contributed by atoms with Crippen LogP contribution in [-0.4, -0.2) is 51.2 Å². The van der Waals surface area contributed by atoms with Crippen LogP contribution in [0.4, 0.5) is 5.82 Å². The monoisotopic (exact) mass is 420 g/mol. The number of nitrogens with zero attached hydrogens (tertiary/aromatic N) is 5. The van der Waals surface area contributed by atoms with Crippen molar-refractivity contribution in [2.75, 3.05) is 31.2 Å². The highest BCUT2D eigenvalue weighted by Crippen LogP contribution is 2.30. The molecule has 4 heterocycles. The molecule has 152 valence electrons. The van der Waals surface area contributed by atoms with Crippen LogP contribution >= 0.6 is 11.6 Å². The molecule has 0 spiro atoms. The maximum atomic E-state index is 6.48. The van der Waals surface area contributed by atoms with E-state index in [2.05, 4.69) is 24.8 Å². The molecular weight excluding hydrogens is 400 g/mol. The first-order valence-corrected chi connectivity index (χ1v) is 10.3. The predicted octanol–water partition coefficient (Wildman–Crippen LogP) is 3.76. The third-order valence-electron chi connectivity index (χ3n) is 5.24. The van der Waals surface area contributed by atoms with Crippen molar-refractivity contribution in [3.05, 3.63) is 65.8 Å². The highest BCUT2D eigenvalue weighted by molar-refractivity contribution is 6.33. The molecule has 0 bridgehead atoms. The van der Waals surface area contributed by atoms with Gasteiger partial charge in [-0.1, -0.05) is 23.7 Å². The van der Waals surface area contributed by atoms with Crippen LogP contribution in [0.3, 0.4) is 0 Å². The number of benzene rings is 1. The Hall–Kier alpha value is -3.03. The van der Waals surface area contributed by atoms with Crippen molar-refractivity contribution in [3.8, 4) is 11.4 Å². The van der Waals surface area contributed by atoms with Gasteiger partial charge in [-0.2, -0.15) is 0 Å². The van der Waals surface area contributed by atoms with Gasteiger partial charge in [0.1, 0.15) is 17.5 Å². The van der Waals surface area contributed by atoms with Gasteiger partial charge in [0.05, 0.1) is 29.3 Å². The molecule has 0 radical (unpaired) electrons. The van der Waals surface area contributed by atoms with Crippen LogP contribution < -0.4 is 4.90 Å². The number of pyridine rings is 1. The largest absolute Gasteiger partial charge is 0.379 e. The fourth-order valence-electron chi connectivity index (χ4n) is 3.77. The SMILES string of the molecule is Clc1cnc(N2CCOCC(Cc3ncccn3)C2)cc1-c1nc2ccccc2[nH]1. The molecule has 0 saturated carbocycles. The number of anilines is 1.